The third kappa shape index (κ3) is 4.13. The maximum absolute atomic E-state index is 14.1. The van der Waals surface area contributed by atoms with Gasteiger partial charge in [0.05, 0.1) is 17.6 Å². The number of guanidine groups is 1. The van der Waals surface area contributed by atoms with Crippen LogP contribution in [0, 0.1) is 5.82 Å². The molecule has 0 unspecified atom stereocenters. The van der Waals surface area contributed by atoms with Crippen molar-refractivity contribution in [1.82, 2.24) is 15.0 Å². The smallest absolute Gasteiger partial charge is 0.200 e. The van der Waals surface area contributed by atoms with E-state index in [9.17, 15) is 4.39 Å². The minimum Gasteiger partial charge on any atom is -0.396 e. The highest BCUT2D eigenvalue weighted by Crippen LogP contribution is 2.25. The number of halogens is 2. The number of nitrogens with one attached hydrogen (secondary N) is 1. The summed E-state index contributed by atoms with van der Waals surface area (Å²) in [6, 6.07) is 4.91. The second-order valence-electron chi connectivity index (χ2n) is 4.96. The van der Waals surface area contributed by atoms with Gasteiger partial charge in [-0.3, -0.25) is 9.97 Å². The molecule has 0 aliphatic heterocycles. The number of nitrogens with zero attached hydrogens (tertiary/aromatic N) is 4. The van der Waals surface area contributed by atoms with E-state index in [0.29, 0.717) is 15.8 Å². The Balaban J connectivity index is 2.05. The van der Waals surface area contributed by atoms with Crippen molar-refractivity contribution in [3.05, 3.63) is 70.5 Å². The average Bonchev–Trinajstić information content (AvgIpc) is 3.05. The van der Waals surface area contributed by atoms with Crippen molar-refractivity contribution in [1.29, 1.82) is 0 Å². The highest BCUT2D eigenvalue weighted by Gasteiger charge is 2.13. The van der Waals surface area contributed by atoms with E-state index in [1.54, 1.807) is 29.9 Å². The predicted molar refractivity (Wildman–Crippen MR) is 102 cm³/mol. The van der Waals surface area contributed by atoms with E-state index in [-0.39, 0.29) is 22.9 Å². The summed E-state index contributed by atoms with van der Waals surface area (Å²) in [5.74, 6) is -0.549. The molecular formula is C16H13ClFN7S. The van der Waals surface area contributed by atoms with Crippen LogP contribution in [0.3, 0.4) is 0 Å². The molecule has 0 radical (unpaired) electrons. The number of nitrogens with two attached hydrogens (primary N) is 2. The van der Waals surface area contributed by atoms with Crippen LogP contribution in [0.1, 0.15) is 11.1 Å². The van der Waals surface area contributed by atoms with Gasteiger partial charge in [-0.1, -0.05) is 11.6 Å². The van der Waals surface area contributed by atoms with Gasteiger partial charge in [-0.05, 0) is 18.2 Å². The zero-order chi connectivity index (χ0) is 18.5. The second kappa shape index (κ2) is 7.89. The molecule has 0 bridgehead atoms. The fourth-order valence-corrected chi connectivity index (χ4v) is 2.92. The third-order valence-electron chi connectivity index (χ3n) is 3.20. The lowest BCUT2D eigenvalue weighted by molar-refractivity contribution is 0.617. The number of anilines is 1. The standard InChI is InChI=1S/C16H13ClFN7S/c17-12-8-26-16(23-12)25-15(20)24-14(9-2-1-4-21-6-9)13(19)10-3-5-22-7-11(10)18/h1-8H,19H2,(H3,20,23,24,25)/b14-13-. The van der Waals surface area contributed by atoms with Crippen LogP contribution in [-0.2, 0) is 0 Å². The number of thiazole rings is 1. The Morgan fingerprint density at radius 2 is 2.00 bits per heavy atom. The number of hydrogen-bond donors (Lipinski definition) is 3. The fourth-order valence-electron chi connectivity index (χ4n) is 2.07. The van der Waals surface area contributed by atoms with Crippen LogP contribution in [0.15, 0.2) is 53.4 Å². The number of rotatable bonds is 4. The van der Waals surface area contributed by atoms with Crippen LogP contribution >= 0.6 is 22.9 Å². The fraction of sp³-hybridized carbons (Fsp3) is 0. The molecule has 7 nitrogen and oxygen atoms in total. The normalized spacial score (nSPS) is 12.6. The van der Waals surface area contributed by atoms with Gasteiger partial charge in [0.25, 0.3) is 0 Å². The molecule has 0 amide bonds. The summed E-state index contributed by atoms with van der Waals surface area (Å²) < 4.78 is 14.1. The van der Waals surface area contributed by atoms with Gasteiger partial charge in [0.2, 0.25) is 0 Å². The number of aromatic nitrogens is 3. The van der Waals surface area contributed by atoms with Gasteiger partial charge < -0.3 is 16.8 Å². The first-order chi connectivity index (χ1) is 12.5. The summed E-state index contributed by atoms with van der Waals surface area (Å²) in [6.45, 7) is 0. The molecule has 3 aromatic heterocycles. The average molecular weight is 390 g/mol. The summed E-state index contributed by atoms with van der Waals surface area (Å²) in [5.41, 5.74) is 13.2. The Kier molecular flexibility index (Phi) is 5.40. The first-order valence-electron chi connectivity index (χ1n) is 7.27. The first-order valence-corrected chi connectivity index (χ1v) is 8.52. The molecule has 3 rings (SSSR count). The lowest BCUT2D eigenvalue weighted by atomic mass is 10.1. The molecule has 0 aliphatic carbocycles. The summed E-state index contributed by atoms with van der Waals surface area (Å²) in [6.07, 6.45) is 5.67. The van der Waals surface area contributed by atoms with Crippen LogP contribution in [0.2, 0.25) is 5.15 Å². The van der Waals surface area contributed by atoms with Crippen molar-refractivity contribution in [3.63, 3.8) is 0 Å². The first kappa shape index (κ1) is 17.8. The van der Waals surface area contributed by atoms with E-state index >= 15 is 0 Å². The molecule has 5 N–H and O–H groups in total. The minimum atomic E-state index is -0.570. The van der Waals surface area contributed by atoms with E-state index in [1.807, 2.05) is 0 Å². The number of aliphatic imine (C=N–C) groups is 1. The maximum Gasteiger partial charge on any atom is 0.200 e. The Labute approximate surface area is 157 Å². The van der Waals surface area contributed by atoms with E-state index in [4.69, 9.17) is 23.1 Å². The number of pyridine rings is 2. The summed E-state index contributed by atoms with van der Waals surface area (Å²) in [7, 11) is 0. The zero-order valence-corrected chi connectivity index (χ0v) is 14.8. The molecule has 0 aliphatic rings. The van der Waals surface area contributed by atoms with Crippen molar-refractivity contribution >= 4 is 45.4 Å². The molecule has 0 aromatic carbocycles. The highest BCUT2D eigenvalue weighted by molar-refractivity contribution is 7.14. The van der Waals surface area contributed by atoms with Crippen molar-refractivity contribution in [3.8, 4) is 0 Å². The monoisotopic (exact) mass is 389 g/mol. The Morgan fingerprint density at radius 1 is 1.19 bits per heavy atom. The van der Waals surface area contributed by atoms with Crippen LogP contribution in [0.5, 0.6) is 0 Å². The Hall–Kier alpha value is -3.04. The zero-order valence-electron chi connectivity index (χ0n) is 13.2. The van der Waals surface area contributed by atoms with E-state index < -0.39 is 5.82 Å². The van der Waals surface area contributed by atoms with Gasteiger partial charge in [0.15, 0.2) is 16.9 Å². The predicted octanol–water partition coefficient (Wildman–Crippen LogP) is 2.94. The van der Waals surface area contributed by atoms with E-state index in [2.05, 4.69) is 25.3 Å². The van der Waals surface area contributed by atoms with E-state index in [0.717, 1.165) is 6.20 Å². The molecule has 132 valence electrons. The van der Waals surface area contributed by atoms with Gasteiger partial charge in [0, 0.05) is 35.1 Å². The molecule has 0 fully saturated rings. The largest absolute Gasteiger partial charge is 0.396 e. The molecule has 0 saturated heterocycles. The van der Waals surface area contributed by atoms with Crippen LogP contribution in [0.25, 0.3) is 11.4 Å². The topological polar surface area (TPSA) is 115 Å². The van der Waals surface area contributed by atoms with Gasteiger partial charge in [-0.2, -0.15) is 0 Å². The van der Waals surface area contributed by atoms with Crippen molar-refractivity contribution in [2.45, 2.75) is 0 Å². The SMILES string of the molecule is N/C(=C(\N=C(/N)Nc1nc(Cl)cs1)c1cccnc1)c1ccncc1F. The van der Waals surface area contributed by atoms with Crippen LogP contribution in [-0.4, -0.2) is 20.9 Å². The third-order valence-corrected chi connectivity index (χ3v) is 4.28. The minimum absolute atomic E-state index is 0.0206. The number of hydrogen-bond acceptors (Lipinski definition) is 6. The quantitative estimate of drug-likeness (QED) is 0.466. The Morgan fingerprint density at radius 3 is 2.65 bits per heavy atom. The molecule has 0 saturated carbocycles. The van der Waals surface area contributed by atoms with Crippen LogP contribution in [0.4, 0.5) is 9.52 Å². The molecule has 3 aromatic rings. The van der Waals surface area contributed by atoms with Crippen molar-refractivity contribution < 1.29 is 4.39 Å². The summed E-state index contributed by atoms with van der Waals surface area (Å²) in [5, 5.41) is 5.27. The van der Waals surface area contributed by atoms with Gasteiger partial charge in [-0.25, -0.2) is 14.4 Å². The van der Waals surface area contributed by atoms with E-state index in [1.165, 1.54) is 23.6 Å². The highest BCUT2D eigenvalue weighted by atomic mass is 35.5. The lowest BCUT2D eigenvalue weighted by Crippen LogP contribution is -2.22. The van der Waals surface area contributed by atoms with Crippen molar-refractivity contribution in [2.24, 2.45) is 16.5 Å². The molecule has 0 spiro atoms. The summed E-state index contributed by atoms with van der Waals surface area (Å²) >= 11 is 7.05. The molecule has 10 heteroatoms. The lowest BCUT2D eigenvalue weighted by Gasteiger charge is -2.10. The maximum atomic E-state index is 14.1. The summed E-state index contributed by atoms with van der Waals surface area (Å²) in [4.78, 5) is 16.1. The second-order valence-corrected chi connectivity index (χ2v) is 6.20. The van der Waals surface area contributed by atoms with Crippen LogP contribution < -0.4 is 16.8 Å². The Bertz CT molecular complexity index is 971. The van der Waals surface area contributed by atoms with Crippen molar-refractivity contribution in [2.75, 3.05) is 5.32 Å². The van der Waals surface area contributed by atoms with Gasteiger partial charge in [-0.15, -0.1) is 11.3 Å². The molecule has 0 atom stereocenters. The molecule has 26 heavy (non-hydrogen) atoms. The van der Waals surface area contributed by atoms with Gasteiger partial charge in [0.1, 0.15) is 5.15 Å². The molecular weight excluding hydrogens is 377 g/mol. The molecule has 3 heterocycles. The van der Waals surface area contributed by atoms with Gasteiger partial charge >= 0.3 is 0 Å².